The third kappa shape index (κ3) is 3.79. The lowest BCUT2D eigenvalue weighted by Gasteiger charge is -2.57. The minimum Gasteiger partial charge on any atom is -0.393 e. The van der Waals surface area contributed by atoms with E-state index in [1.165, 1.54) is 56.1 Å². The van der Waals surface area contributed by atoms with Crippen molar-refractivity contribution >= 4 is 5.78 Å². The van der Waals surface area contributed by atoms with Gasteiger partial charge < -0.3 is 5.11 Å². The molecule has 0 amide bonds. The molecule has 174 valence electrons. The number of carbonyl (C=O) groups is 1. The van der Waals surface area contributed by atoms with Gasteiger partial charge in [-0.2, -0.15) is 0 Å². The second kappa shape index (κ2) is 8.47. The molecule has 0 aliphatic heterocycles. The van der Waals surface area contributed by atoms with E-state index in [1.54, 1.807) is 0 Å². The summed E-state index contributed by atoms with van der Waals surface area (Å²) in [5.41, 5.74) is 3.05. The summed E-state index contributed by atoms with van der Waals surface area (Å²) in [6.07, 6.45) is 13.2. The molecule has 2 heteroatoms. The van der Waals surface area contributed by atoms with Gasteiger partial charge in [0.2, 0.25) is 0 Å². The van der Waals surface area contributed by atoms with Gasteiger partial charge in [-0.15, -0.1) is 0 Å². The SMILES string of the molecule is C=C(C)C(CC)CCC(C)C1CCC2C3C(=O)C=C4CC(O)CCC4(C)C3CCC12C. The summed E-state index contributed by atoms with van der Waals surface area (Å²) < 4.78 is 0. The molecule has 31 heavy (non-hydrogen) atoms. The van der Waals surface area contributed by atoms with Crippen LogP contribution in [0.25, 0.3) is 0 Å². The fourth-order valence-corrected chi connectivity index (χ4v) is 8.82. The van der Waals surface area contributed by atoms with Gasteiger partial charge in [0.15, 0.2) is 5.78 Å². The molecule has 0 spiro atoms. The van der Waals surface area contributed by atoms with Crippen molar-refractivity contribution in [2.75, 3.05) is 0 Å². The molecule has 0 bridgehead atoms. The smallest absolute Gasteiger partial charge is 0.159 e. The van der Waals surface area contributed by atoms with E-state index in [-0.39, 0.29) is 17.4 Å². The molecule has 0 saturated heterocycles. The summed E-state index contributed by atoms with van der Waals surface area (Å²) in [6, 6.07) is 0. The summed E-state index contributed by atoms with van der Waals surface area (Å²) in [4.78, 5) is 13.5. The van der Waals surface area contributed by atoms with Gasteiger partial charge >= 0.3 is 0 Å². The Balaban J connectivity index is 1.53. The molecule has 3 saturated carbocycles. The highest BCUT2D eigenvalue weighted by atomic mass is 16.3. The number of ketones is 1. The summed E-state index contributed by atoms with van der Waals surface area (Å²) in [7, 11) is 0. The highest BCUT2D eigenvalue weighted by Crippen LogP contribution is 2.66. The van der Waals surface area contributed by atoms with Gasteiger partial charge in [-0.3, -0.25) is 4.79 Å². The highest BCUT2D eigenvalue weighted by Gasteiger charge is 2.61. The van der Waals surface area contributed by atoms with Gasteiger partial charge in [0.1, 0.15) is 0 Å². The van der Waals surface area contributed by atoms with Crippen molar-refractivity contribution in [1.29, 1.82) is 0 Å². The average molecular weight is 427 g/mol. The molecule has 4 rings (SSSR count). The minimum absolute atomic E-state index is 0.138. The number of hydrogen-bond acceptors (Lipinski definition) is 2. The summed E-state index contributed by atoms with van der Waals surface area (Å²) in [5.74, 6) is 3.80. The quantitative estimate of drug-likeness (QED) is 0.459. The standard InChI is InChI=1S/C29H46O2/c1-7-20(18(2)3)9-8-19(4)23-10-11-24-27-25(13-15-29(23,24)6)28(5)14-12-22(30)16-21(28)17-26(27)31/h17,19-20,22-25,27,30H,2,7-16H2,1,3-6H3. The van der Waals surface area contributed by atoms with Crippen LogP contribution in [0.15, 0.2) is 23.8 Å². The Hall–Kier alpha value is -0.890. The number of hydrogen-bond donors (Lipinski definition) is 1. The summed E-state index contributed by atoms with van der Waals surface area (Å²) >= 11 is 0. The molecule has 0 radical (unpaired) electrons. The predicted octanol–water partition coefficient (Wildman–Crippen LogP) is 7.12. The highest BCUT2D eigenvalue weighted by molar-refractivity contribution is 5.94. The lowest BCUT2D eigenvalue weighted by molar-refractivity contribution is -0.135. The van der Waals surface area contributed by atoms with Crippen molar-refractivity contribution in [2.24, 2.45) is 46.3 Å². The van der Waals surface area contributed by atoms with Crippen LogP contribution < -0.4 is 0 Å². The lowest BCUT2D eigenvalue weighted by Crippen LogP contribution is -2.53. The van der Waals surface area contributed by atoms with Crippen molar-refractivity contribution in [3.63, 3.8) is 0 Å². The van der Waals surface area contributed by atoms with E-state index >= 15 is 0 Å². The zero-order chi connectivity index (χ0) is 22.6. The topological polar surface area (TPSA) is 37.3 Å². The number of aliphatic hydroxyl groups excluding tert-OH is 1. The van der Waals surface area contributed by atoms with Gasteiger partial charge in [-0.05, 0) is 118 Å². The molecule has 2 nitrogen and oxygen atoms in total. The van der Waals surface area contributed by atoms with Crippen LogP contribution in [0.5, 0.6) is 0 Å². The van der Waals surface area contributed by atoms with Crippen molar-refractivity contribution in [1.82, 2.24) is 0 Å². The van der Waals surface area contributed by atoms with E-state index in [1.807, 2.05) is 6.08 Å². The van der Waals surface area contributed by atoms with Gasteiger partial charge in [0.05, 0.1) is 6.10 Å². The Bertz CT molecular complexity index is 750. The zero-order valence-electron chi connectivity index (χ0n) is 20.8. The molecule has 3 fully saturated rings. The molecule has 9 atom stereocenters. The first-order chi connectivity index (χ1) is 14.6. The Labute approximate surface area is 191 Å². The molecular formula is C29H46O2. The number of fused-ring (bicyclic) bond motifs is 5. The van der Waals surface area contributed by atoms with Crippen LogP contribution in [-0.4, -0.2) is 17.0 Å². The first kappa shape index (κ1) is 23.3. The molecule has 0 aromatic carbocycles. The van der Waals surface area contributed by atoms with E-state index < -0.39 is 0 Å². The van der Waals surface area contributed by atoms with Crippen molar-refractivity contribution in [3.05, 3.63) is 23.8 Å². The number of allylic oxidation sites excluding steroid dienone is 2. The summed E-state index contributed by atoms with van der Waals surface area (Å²) in [6.45, 7) is 16.1. The number of aliphatic hydroxyl groups is 1. The van der Waals surface area contributed by atoms with Crippen LogP contribution in [0.3, 0.4) is 0 Å². The van der Waals surface area contributed by atoms with Crippen LogP contribution >= 0.6 is 0 Å². The monoisotopic (exact) mass is 426 g/mol. The van der Waals surface area contributed by atoms with Crippen LogP contribution in [0.4, 0.5) is 0 Å². The molecular weight excluding hydrogens is 380 g/mol. The average Bonchev–Trinajstić information content (AvgIpc) is 3.06. The number of rotatable bonds is 6. The van der Waals surface area contributed by atoms with Crippen molar-refractivity contribution < 1.29 is 9.90 Å². The van der Waals surface area contributed by atoms with Gasteiger partial charge in [-0.1, -0.05) is 45.4 Å². The second-order valence-electron chi connectivity index (χ2n) is 12.4. The fraction of sp³-hybridized carbons (Fsp3) is 0.828. The van der Waals surface area contributed by atoms with Crippen molar-refractivity contribution in [3.8, 4) is 0 Å². The maximum absolute atomic E-state index is 13.5. The van der Waals surface area contributed by atoms with E-state index in [4.69, 9.17) is 0 Å². The van der Waals surface area contributed by atoms with Gasteiger partial charge in [-0.25, -0.2) is 0 Å². The van der Waals surface area contributed by atoms with Crippen LogP contribution in [-0.2, 0) is 4.79 Å². The van der Waals surface area contributed by atoms with E-state index in [2.05, 4.69) is 41.2 Å². The Morgan fingerprint density at radius 3 is 2.58 bits per heavy atom. The predicted molar refractivity (Wildman–Crippen MR) is 129 cm³/mol. The van der Waals surface area contributed by atoms with Crippen molar-refractivity contribution in [2.45, 2.75) is 105 Å². The molecule has 1 N–H and O–H groups in total. The first-order valence-electron chi connectivity index (χ1n) is 13.2. The maximum atomic E-state index is 13.5. The van der Waals surface area contributed by atoms with Crippen LogP contribution in [0.2, 0.25) is 0 Å². The number of carbonyl (C=O) groups excluding carboxylic acids is 1. The van der Waals surface area contributed by atoms with E-state index in [0.29, 0.717) is 35.4 Å². The third-order valence-electron chi connectivity index (χ3n) is 10.8. The molecule has 0 aromatic rings. The Kier molecular flexibility index (Phi) is 6.36. The van der Waals surface area contributed by atoms with E-state index in [0.717, 1.165) is 24.7 Å². The molecule has 4 aliphatic carbocycles. The third-order valence-corrected chi connectivity index (χ3v) is 10.8. The molecule has 0 heterocycles. The largest absolute Gasteiger partial charge is 0.393 e. The van der Waals surface area contributed by atoms with Crippen LogP contribution in [0, 0.1) is 46.3 Å². The molecule has 9 unspecified atom stereocenters. The molecule has 4 aliphatic rings. The Morgan fingerprint density at radius 2 is 1.90 bits per heavy atom. The minimum atomic E-state index is -0.250. The van der Waals surface area contributed by atoms with Crippen LogP contribution in [0.1, 0.15) is 98.8 Å². The van der Waals surface area contributed by atoms with Gasteiger partial charge in [0.25, 0.3) is 0 Å². The second-order valence-corrected chi connectivity index (χ2v) is 12.4. The van der Waals surface area contributed by atoms with E-state index in [9.17, 15) is 9.90 Å². The molecule has 0 aromatic heterocycles. The normalized spacial score (nSPS) is 44.0. The zero-order valence-corrected chi connectivity index (χ0v) is 20.8. The maximum Gasteiger partial charge on any atom is 0.159 e. The fourth-order valence-electron chi connectivity index (χ4n) is 8.82. The first-order valence-corrected chi connectivity index (χ1v) is 13.2. The Morgan fingerprint density at radius 1 is 1.16 bits per heavy atom. The van der Waals surface area contributed by atoms with Gasteiger partial charge in [0, 0.05) is 5.92 Å². The lowest BCUT2D eigenvalue weighted by atomic mass is 9.46. The summed E-state index contributed by atoms with van der Waals surface area (Å²) in [5, 5.41) is 10.2.